The van der Waals surface area contributed by atoms with Gasteiger partial charge in [0, 0.05) is 24.4 Å². The van der Waals surface area contributed by atoms with Crippen molar-refractivity contribution in [3.63, 3.8) is 0 Å². The van der Waals surface area contributed by atoms with Crippen molar-refractivity contribution >= 4 is 11.9 Å². The number of Topliss-reactive ketones (excluding diaryl/α,β-unsaturated/α-hetero) is 1. The van der Waals surface area contributed by atoms with Crippen LogP contribution in [0, 0.1) is 11.8 Å². The molecule has 0 N–H and O–H groups in total. The molecule has 3 aliphatic rings. The first-order chi connectivity index (χ1) is 14.2. The normalized spacial score (nSPS) is 27.4. The van der Waals surface area contributed by atoms with Crippen molar-refractivity contribution in [3.8, 4) is 0 Å². The number of hydrogen-bond donors (Lipinski definition) is 0. The van der Waals surface area contributed by atoms with Crippen LogP contribution in [0.1, 0.15) is 82.6 Å². The molecule has 1 saturated carbocycles. The molecule has 0 aromatic heterocycles. The van der Waals surface area contributed by atoms with E-state index in [0.29, 0.717) is 12.4 Å². The smallest absolute Gasteiger partial charge is 0.410 e. The molecule has 0 spiro atoms. The van der Waals surface area contributed by atoms with Gasteiger partial charge >= 0.3 is 6.09 Å². The highest BCUT2D eigenvalue weighted by atomic mass is 16.6. The minimum absolute atomic E-state index is 0.145. The largest absolute Gasteiger partial charge is 0.445 e. The van der Waals surface area contributed by atoms with Gasteiger partial charge in [-0.25, -0.2) is 4.79 Å². The van der Waals surface area contributed by atoms with Crippen LogP contribution in [0.15, 0.2) is 30.3 Å². The number of fused-ring (bicyclic) bond motifs is 2. The molecule has 29 heavy (non-hydrogen) atoms. The first-order valence-electron chi connectivity index (χ1n) is 11.7. The van der Waals surface area contributed by atoms with Crippen molar-refractivity contribution in [1.82, 2.24) is 4.90 Å². The molecule has 2 saturated heterocycles. The van der Waals surface area contributed by atoms with Crippen molar-refractivity contribution in [2.24, 2.45) is 11.8 Å². The van der Waals surface area contributed by atoms with Crippen molar-refractivity contribution in [2.75, 3.05) is 0 Å². The summed E-state index contributed by atoms with van der Waals surface area (Å²) in [4.78, 5) is 27.7. The number of ether oxygens (including phenoxy) is 1. The fourth-order valence-corrected chi connectivity index (χ4v) is 5.76. The van der Waals surface area contributed by atoms with Crippen LogP contribution in [0.2, 0.25) is 0 Å². The van der Waals surface area contributed by atoms with Crippen LogP contribution in [0.5, 0.6) is 0 Å². The Kier molecular flexibility index (Phi) is 6.89. The Morgan fingerprint density at radius 1 is 0.897 bits per heavy atom. The predicted molar refractivity (Wildman–Crippen MR) is 113 cm³/mol. The Morgan fingerprint density at radius 3 is 2.28 bits per heavy atom. The van der Waals surface area contributed by atoms with Gasteiger partial charge in [-0.2, -0.15) is 0 Å². The van der Waals surface area contributed by atoms with Gasteiger partial charge in [-0.05, 0) is 50.0 Å². The molecule has 1 aliphatic carbocycles. The molecule has 1 amide bonds. The zero-order valence-electron chi connectivity index (χ0n) is 17.6. The molecule has 2 aliphatic heterocycles. The molecule has 4 nitrogen and oxygen atoms in total. The lowest BCUT2D eigenvalue weighted by molar-refractivity contribution is -0.127. The van der Waals surface area contributed by atoms with Crippen molar-refractivity contribution in [2.45, 2.75) is 95.7 Å². The summed E-state index contributed by atoms with van der Waals surface area (Å²) in [6.45, 7) is 0.319. The average Bonchev–Trinajstić information content (AvgIpc) is 2.76. The lowest BCUT2D eigenvalue weighted by Gasteiger charge is -2.47. The zero-order chi connectivity index (χ0) is 20.1. The summed E-state index contributed by atoms with van der Waals surface area (Å²) in [6.07, 6.45) is 13.1. The number of carbonyl (C=O) groups is 2. The van der Waals surface area contributed by atoms with E-state index in [1.54, 1.807) is 0 Å². The van der Waals surface area contributed by atoms with Gasteiger partial charge in [0.05, 0.1) is 0 Å². The second kappa shape index (κ2) is 9.77. The fraction of sp³-hybridized carbons (Fsp3) is 0.680. The summed E-state index contributed by atoms with van der Waals surface area (Å²) in [5, 5.41) is 0. The molecular formula is C25H35NO3. The highest BCUT2D eigenvalue weighted by Gasteiger charge is 2.43. The Bertz CT molecular complexity index is 669. The van der Waals surface area contributed by atoms with E-state index in [0.717, 1.165) is 56.4 Å². The van der Waals surface area contributed by atoms with Gasteiger partial charge in [-0.15, -0.1) is 0 Å². The number of ketones is 1. The number of rotatable bonds is 6. The van der Waals surface area contributed by atoms with Gasteiger partial charge < -0.3 is 9.64 Å². The summed E-state index contributed by atoms with van der Waals surface area (Å²) in [6, 6.07) is 10.2. The molecule has 158 valence electrons. The maximum absolute atomic E-state index is 12.9. The van der Waals surface area contributed by atoms with E-state index in [2.05, 4.69) is 0 Å². The lowest BCUT2D eigenvalue weighted by Crippen LogP contribution is -2.55. The summed E-state index contributed by atoms with van der Waals surface area (Å²) >= 11 is 0. The van der Waals surface area contributed by atoms with E-state index in [1.165, 1.54) is 32.1 Å². The minimum Gasteiger partial charge on any atom is -0.445 e. The van der Waals surface area contributed by atoms with E-state index >= 15 is 0 Å². The molecule has 2 heterocycles. The van der Waals surface area contributed by atoms with E-state index in [1.807, 2.05) is 35.2 Å². The molecule has 1 aromatic rings. The Morgan fingerprint density at radius 2 is 1.59 bits per heavy atom. The average molecular weight is 398 g/mol. The molecule has 1 aromatic carbocycles. The number of benzene rings is 1. The van der Waals surface area contributed by atoms with E-state index < -0.39 is 0 Å². The third kappa shape index (κ3) is 5.21. The number of hydrogen-bond acceptors (Lipinski definition) is 3. The molecule has 3 fully saturated rings. The molecular weight excluding hydrogens is 362 g/mol. The van der Waals surface area contributed by atoms with Crippen LogP contribution in [0.25, 0.3) is 0 Å². The standard InChI is InChI=1S/C25H35NO3/c27-24(15-14-19-8-3-1-4-9-19)21-16-22-12-7-13-23(17-21)26(22)25(28)29-18-20-10-5-2-6-11-20/h2,5-6,10-11,19,21-23H,1,3-4,7-9,12-18H2. The van der Waals surface area contributed by atoms with Gasteiger partial charge in [-0.1, -0.05) is 62.4 Å². The molecule has 2 bridgehead atoms. The maximum atomic E-state index is 12.9. The van der Waals surface area contributed by atoms with Crippen LogP contribution in [-0.4, -0.2) is 28.9 Å². The highest BCUT2D eigenvalue weighted by Crippen LogP contribution is 2.39. The first-order valence-corrected chi connectivity index (χ1v) is 11.7. The number of piperidine rings is 2. The molecule has 2 atom stereocenters. The van der Waals surface area contributed by atoms with Crippen molar-refractivity contribution in [3.05, 3.63) is 35.9 Å². The van der Waals surface area contributed by atoms with Crippen LogP contribution >= 0.6 is 0 Å². The van der Waals surface area contributed by atoms with Crippen LogP contribution < -0.4 is 0 Å². The second-order valence-corrected chi connectivity index (χ2v) is 9.36. The lowest BCUT2D eigenvalue weighted by atomic mass is 9.75. The summed E-state index contributed by atoms with van der Waals surface area (Å²) in [7, 11) is 0. The summed E-state index contributed by atoms with van der Waals surface area (Å²) < 4.78 is 5.63. The van der Waals surface area contributed by atoms with E-state index in [-0.39, 0.29) is 24.1 Å². The van der Waals surface area contributed by atoms with Crippen LogP contribution in [-0.2, 0) is 16.1 Å². The Labute approximate surface area is 175 Å². The van der Waals surface area contributed by atoms with Gasteiger partial charge in [-0.3, -0.25) is 4.79 Å². The van der Waals surface area contributed by atoms with Crippen molar-refractivity contribution < 1.29 is 14.3 Å². The first kappa shape index (κ1) is 20.4. The third-order valence-electron chi connectivity index (χ3n) is 7.37. The monoisotopic (exact) mass is 397 g/mol. The van der Waals surface area contributed by atoms with E-state index in [4.69, 9.17) is 4.74 Å². The topological polar surface area (TPSA) is 46.6 Å². The number of amides is 1. The SMILES string of the molecule is O=C(CCC1CCCCC1)C1CC2CCCC(C1)N2C(=O)OCc1ccccc1. The van der Waals surface area contributed by atoms with E-state index in [9.17, 15) is 9.59 Å². The third-order valence-corrected chi connectivity index (χ3v) is 7.37. The fourth-order valence-electron chi connectivity index (χ4n) is 5.76. The highest BCUT2D eigenvalue weighted by molar-refractivity contribution is 5.81. The molecule has 4 heteroatoms. The molecule has 2 unspecified atom stereocenters. The number of carbonyl (C=O) groups excluding carboxylic acids is 2. The quantitative estimate of drug-likeness (QED) is 0.601. The predicted octanol–water partition coefficient (Wildman–Crippen LogP) is 5.89. The molecule has 0 radical (unpaired) electrons. The second-order valence-electron chi connectivity index (χ2n) is 9.36. The Balaban J connectivity index is 1.29. The maximum Gasteiger partial charge on any atom is 0.410 e. The summed E-state index contributed by atoms with van der Waals surface area (Å²) in [5.74, 6) is 1.36. The minimum atomic E-state index is -0.198. The number of nitrogens with zero attached hydrogens (tertiary/aromatic N) is 1. The van der Waals surface area contributed by atoms with Gasteiger partial charge in [0.1, 0.15) is 12.4 Å². The summed E-state index contributed by atoms with van der Waals surface area (Å²) in [5.41, 5.74) is 1.01. The van der Waals surface area contributed by atoms with Crippen LogP contribution in [0.4, 0.5) is 4.79 Å². The van der Waals surface area contributed by atoms with Crippen LogP contribution in [0.3, 0.4) is 0 Å². The zero-order valence-corrected chi connectivity index (χ0v) is 17.6. The van der Waals surface area contributed by atoms with Gasteiger partial charge in [0.2, 0.25) is 0 Å². The van der Waals surface area contributed by atoms with Gasteiger partial charge in [0.25, 0.3) is 0 Å². The van der Waals surface area contributed by atoms with Gasteiger partial charge in [0.15, 0.2) is 0 Å². The Hall–Kier alpha value is -1.84. The molecule has 4 rings (SSSR count). The van der Waals surface area contributed by atoms with Crippen molar-refractivity contribution in [1.29, 1.82) is 0 Å².